The van der Waals surface area contributed by atoms with Crippen molar-refractivity contribution in [3.8, 4) is 17.6 Å². The van der Waals surface area contributed by atoms with E-state index in [0.29, 0.717) is 34.7 Å². The molecule has 0 aliphatic carbocycles. The van der Waals surface area contributed by atoms with Crippen LogP contribution in [0.4, 0.5) is 0 Å². The third-order valence-electron chi connectivity index (χ3n) is 4.17. The van der Waals surface area contributed by atoms with Gasteiger partial charge < -0.3 is 9.47 Å². The van der Waals surface area contributed by atoms with Gasteiger partial charge in [-0.05, 0) is 63.0 Å². The predicted molar refractivity (Wildman–Crippen MR) is 120 cm³/mol. The first-order chi connectivity index (χ1) is 14.6. The Morgan fingerprint density at radius 1 is 1.17 bits per heavy atom. The number of hydrazone groups is 1. The Balaban J connectivity index is 1.76. The number of nitriles is 1. The summed E-state index contributed by atoms with van der Waals surface area (Å²) in [4.78, 5) is 11.3. The highest BCUT2D eigenvalue weighted by Crippen LogP contribution is 2.37. The second-order valence-electron chi connectivity index (χ2n) is 6.36. The minimum atomic E-state index is -0.465. The summed E-state index contributed by atoms with van der Waals surface area (Å²) in [5.74, 6) is 0.696. The van der Waals surface area contributed by atoms with Gasteiger partial charge in [0.05, 0.1) is 23.4 Å². The second kappa shape index (κ2) is 10.4. The zero-order valence-corrected chi connectivity index (χ0v) is 18.0. The summed E-state index contributed by atoms with van der Waals surface area (Å²) < 4.78 is 12.5. The molecule has 0 radical (unpaired) electrons. The van der Waals surface area contributed by atoms with Gasteiger partial charge in [0, 0.05) is 0 Å². The lowest BCUT2D eigenvalue weighted by molar-refractivity contribution is -0.120. The molecule has 0 bridgehead atoms. The van der Waals surface area contributed by atoms with Crippen LogP contribution in [0.2, 0.25) is 0 Å². The van der Waals surface area contributed by atoms with Gasteiger partial charge in [-0.1, -0.05) is 36.4 Å². The first-order valence-electron chi connectivity index (χ1n) is 9.36. The average molecular weight is 466 g/mol. The third kappa shape index (κ3) is 5.58. The van der Waals surface area contributed by atoms with Crippen molar-refractivity contribution in [2.45, 2.75) is 20.0 Å². The van der Waals surface area contributed by atoms with Crippen molar-refractivity contribution < 1.29 is 14.3 Å². The first kappa shape index (κ1) is 21.3. The van der Waals surface area contributed by atoms with Gasteiger partial charge in [0.15, 0.2) is 11.5 Å². The summed E-state index contributed by atoms with van der Waals surface area (Å²) in [6, 6.07) is 19.8. The van der Waals surface area contributed by atoms with Crippen LogP contribution < -0.4 is 14.9 Å². The van der Waals surface area contributed by atoms with Gasteiger partial charge in [-0.15, -0.1) is 0 Å². The summed E-state index contributed by atoms with van der Waals surface area (Å²) in [6.45, 7) is 2.75. The van der Waals surface area contributed by atoms with Crippen LogP contribution in [0.15, 0.2) is 64.2 Å². The maximum atomic E-state index is 11.3. The number of fused-ring (bicyclic) bond motifs is 1. The average Bonchev–Trinajstić information content (AvgIpc) is 2.73. The summed E-state index contributed by atoms with van der Waals surface area (Å²) >= 11 is 3.53. The molecule has 7 heteroatoms. The van der Waals surface area contributed by atoms with Crippen LogP contribution in [0.5, 0.6) is 11.5 Å². The van der Waals surface area contributed by atoms with Crippen molar-refractivity contribution in [3.05, 3.63) is 70.2 Å². The Morgan fingerprint density at radius 3 is 2.73 bits per heavy atom. The lowest BCUT2D eigenvalue weighted by atomic mass is 10.1. The van der Waals surface area contributed by atoms with Crippen LogP contribution in [0.1, 0.15) is 24.5 Å². The van der Waals surface area contributed by atoms with Crippen molar-refractivity contribution in [1.29, 1.82) is 5.26 Å². The Hall–Kier alpha value is -3.37. The monoisotopic (exact) mass is 465 g/mol. The molecule has 3 rings (SSSR count). The summed E-state index contributed by atoms with van der Waals surface area (Å²) in [6.07, 6.45) is 1.24. The van der Waals surface area contributed by atoms with Crippen LogP contribution in [-0.4, -0.2) is 18.7 Å². The lowest BCUT2D eigenvalue weighted by Crippen LogP contribution is -2.16. The molecular weight excluding hydrogens is 446 g/mol. The molecule has 152 valence electrons. The fourth-order valence-corrected chi connectivity index (χ4v) is 3.41. The molecular formula is C23H20BrN3O3. The van der Waals surface area contributed by atoms with Crippen LogP contribution >= 0.6 is 15.9 Å². The van der Waals surface area contributed by atoms with Crippen LogP contribution in [-0.2, 0) is 11.4 Å². The lowest BCUT2D eigenvalue weighted by Gasteiger charge is -2.15. The summed E-state index contributed by atoms with van der Waals surface area (Å²) in [7, 11) is 0. The zero-order chi connectivity index (χ0) is 21.3. The Bertz CT molecular complexity index is 1120. The van der Waals surface area contributed by atoms with Gasteiger partial charge in [0.25, 0.3) is 5.91 Å². The van der Waals surface area contributed by atoms with E-state index in [1.165, 1.54) is 11.6 Å². The largest absolute Gasteiger partial charge is 0.490 e. The molecule has 0 heterocycles. The molecule has 0 saturated heterocycles. The molecule has 0 saturated carbocycles. The number of rotatable bonds is 8. The number of hydrogen-bond donors (Lipinski definition) is 1. The van der Waals surface area contributed by atoms with Gasteiger partial charge in [0.1, 0.15) is 13.0 Å². The Morgan fingerprint density at radius 2 is 1.97 bits per heavy atom. The number of carbonyl (C=O) groups is 1. The SMILES string of the molecule is CCOc1cc(/C=N/NC(=O)CC#N)cc(Br)c1OCc1ccc2ccccc2c1. The molecule has 0 spiro atoms. The standard InChI is InChI=1S/C23H20BrN3O3/c1-2-29-21-13-17(14-26-27-22(28)9-10-25)12-20(24)23(21)30-15-16-7-8-18-5-3-4-6-19(18)11-16/h3-8,11-14H,2,9,15H2,1H3,(H,27,28)/b26-14+. The van der Waals surface area contributed by atoms with E-state index >= 15 is 0 Å². The van der Waals surface area contributed by atoms with E-state index in [1.807, 2.05) is 31.2 Å². The van der Waals surface area contributed by atoms with Gasteiger partial charge in [-0.3, -0.25) is 4.79 Å². The molecule has 1 N–H and O–H groups in total. The number of benzene rings is 3. The predicted octanol–water partition coefficient (Wildman–Crippen LogP) is 4.94. The van der Waals surface area contributed by atoms with Gasteiger partial charge in [-0.25, -0.2) is 5.43 Å². The van der Waals surface area contributed by atoms with Crippen molar-refractivity contribution in [2.24, 2.45) is 5.10 Å². The normalized spacial score (nSPS) is 10.7. The van der Waals surface area contributed by atoms with Gasteiger partial charge in [-0.2, -0.15) is 10.4 Å². The molecule has 0 fully saturated rings. The number of nitrogens with zero attached hydrogens (tertiary/aromatic N) is 2. The number of hydrogen-bond acceptors (Lipinski definition) is 5. The smallest absolute Gasteiger partial charge is 0.254 e. The number of ether oxygens (including phenoxy) is 2. The summed E-state index contributed by atoms with van der Waals surface area (Å²) in [5.41, 5.74) is 4.06. The Kier molecular flexibility index (Phi) is 7.41. The van der Waals surface area contributed by atoms with E-state index < -0.39 is 5.91 Å². The second-order valence-corrected chi connectivity index (χ2v) is 7.22. The number of nitrogens with one attached hydrogen (secondary N) is 1. The first-order valence-corrected chi connectivity index (χ1v) is 10.2. The summed E-state index contributed by atoms with van der Waals surface area (Å²) in [5, 5.41) is 14.7. The fourth-order valence-electron chi connectivity index (χ4n) is 2.84. The van der Waals surface area contributed by atoms with Crippen molar-refractivity contribution >= 4 is 38.8 Å². The number of halogens is 1. The van der Waals surface area contributed by atoms with Crippen molar-refractivity contribution in [2.75, 3.05) is 6.61 Å². The van der Waals surface area contributed by atoms with Crippen molar-refractivity contribution in [1.82, 2.24) is 5.43 Å². The van der Waals surface area contributed by atoms with E-state index in [2.05, 4.69) is 50.7 Å². The van der Waals surface area contributed by atoms with Gasteiger partial charge >= 0.3 is 0 Å². The topological polar surface area (TPSA) is 83.7 Å². The maximum absolute atomic E-state index is 11.3. The van der Waals surface area contributed by atoms with Crippen LogP contribution in [0, 0.1) is 11.3 Å². The molecule has 0 aliphatic heterocycles. The fraction of sp³-hybridized carbons (Fsp3) is 0.174. The van der Waals surface area contributed by atoms with E-state index in [1.54, 1.807) is 12.1 Å². The molecule has 30 heavy (non-hydrogen) atoms. The molecule has 0 unspecified atom stereocenters. The van der Waals surface area contributed by atoms with Crippen LogP contribution in [0.25, 0.3) is 10.8 Å². The van der Waals surface area contributed by atoms with Gasteiger partial charge in [0.2, 0.25) is 0 Å². The number of amides is 1. The zero-order valence-electron chi connectivity index (χ0n) is 16.4. The van der Waals surface area contributed by atoms with Crippen LogP contribution in [0.3, 0.4) is 0 Å². The molecule has 0 aromatic heterocycles. The van der Waals surface area contributed by atoms with E-state index in [9.17, 15) is 4.79 Å². The van der Waals surface area contributed by atoms with E-state index in [4.69, 9.17) is 14.7 Å². The highest BCUT2D eigenvalue weighted by Gasteiger charge is 2.12. The highest BCUT2D eigenvalue weighted by molar-refractivity contribution is 9.10. The highest BCUT2D eigenvalue weighted by atomic mass is 79.9. The molecule has 0 aliphatic rings. The molecule has 0 atom stereocenters. The molecule has 1 amide bonds. The third-order valence-corrected chi connectivity index (χ3v) is 4.76. The molecule has 6 nitrogen and oxygen atoms in total. The van der Waals surface area contributed by atoms with Crippen molar-refractivity contribution in [3.63, 3.8) is 0 Å². The number of carbonyl (C=O) groups excluding carboxylic acids is 1. The van der Waals surface area contributed by atoms with E-state index in [0.717, 1.165) is 10.9 Å². The Labute approximate surface area is 183 Å². The molecule has 3 aromatic carbocycles. The van der Waals surface area contributed by atoms with E-state index in [-0.39, 0.29) is 6.42 Å². The molecule has 3 aromatic rings. The minimum absolute atomic E-state index is 0.243. The maximum Gasteiger partial charge on any atom is 0.254 e. The quantitative estimate of drug-likeness (QED) is 0.377. The minimum Gasteiger partial charge on any atom is -0.490 e.